The van der Waals surface area contributed by atoms with Crippen molar-refractivity contribution in [1.82, 2.24) is 5.16 Å². The second kappa shape index (κ2) is 5.53. The van der Waals surface area contributed by atoms with Crippen molar-refractivity contribution in [3.8, 4) is 11.3 Å². The molecule has 0 aliphatic heterocycles. The topological polar surface area (TPSA) is 63.3 Å². The van der Waals surface area contributed by atoms with Crippen molar-refractivity contribution in [2.24, 2.45) is 0 Å². The lowest BCUT2D eigenvalue weighted by Gasteiger charge is -2.07. The number of carboxylic acids is 1. The number of aromatic nitrogens is 1. The van der Waals surface area contributed by atoms with Gasteiger partial charge in [-0.05, 0) is 37.5 Å². The molecule has 0 amide bonds. The molecule has 1 N–H and O–H groups in total. The van der Waals surface area contributed by atoms with Crippen LogP contribution in [0.1, 0.15) is 53.3 Å². The molecule has 1 aromatic heterocycles. The van der Waals surface area contributed by atoms with Gasteiger partial charge in [-0.25, -0.2) is 4.79 Å². The number of benzene rings is 1. The molecule has 4 nitrogen and oxygen atoms in total. The predicted octanol–water partition coefficient (Wildman–Crippen LogP) is 4.66. The van der Waals surface area contributed by atoms with E-state index in [-0.39, 0.29) is 11.5 Å². The summed E-state index contributed by atoms with van der Waals surface area (Å²) in [6.45, 7) is 1.89. The molecule has 2 aromatic rings. The highest BCUT2D eigenvalue weighted by molar-refractivity contribution is 6.30. The van der Waals surface area contributed by atoms with Crippen LogP contribution in [0.25, 0.3) is 11.3 Å². The maximum absolute atomic E-state index is 11.7. The first-order valence-electron chi connectivity index (χ1n) is 7.07. The molecule has 1 heterocycles. The van der Waals surface area contributed by atoms with Crippen molar-refractivity contribution in [3.63, 3.8) is 0 Å². The Kier molecular flexibility index (Phi) is 3.72. The fourth-order valence-corrected chi connectivity index (χ4v) is 3.28. The molecule has 1 fully saturated rings. The molecule has 1 saturated carbocycles. The number of rotatable bonds is 3. The van der Waals surface area contributed by atoms with Gasteiger partial charge in [0.15, 0.2) is 5.76 Å². The van der Waals surface area contributed by atoms with Crippen LogP contribution in [-0.4, -0.2) is 16.2 Å². The Bertz CT molecular complexity index is 687. The van der Waals surface area contributed by atoms with Gasteiger partial charge >= 0.3 is 5.97 Å². The number of hydrogen-bond donors (Lipinski definition) is 1. The van der Waals surface area contributed by atoms with Crippen LogP contribution in [0, 0.1) is 6.92 Å². The molecular weight excluding hydrogens is 290 g/mol. The fourth-order valence-electron chi connectivity index (χ4n) is 3.05. The van der Waals surface area contributed by atoms with E-state index in [1.807, 2.05) is 6.92 Å². The number of aryl methyl sites for hydroxylation is 1. The average Bonchev–Trinajstić information content (AvgIpc) is 3.07. The van der Waals surface area contributed by atoms with Gasteiger partial charge in [0.2, 0.25) is 0 Å². The van der Waals surface area contributed by atoms with Crippen molar-refractivity contribution >= 4 is 17.6 Å². The Morgan fingerprint density at radius 2 is 2.10 bits per heavy atom. The highest BCUT2D eigenvalue weighted by Gasteiger charge is 2.31. The highest BCUT2D eigenvalue weighted by atomic mass is 35.5. The predicted molar refractivity (Wildman–Crippen MR) is 79.9 cm³/mol. The molecule has 0 unspecified atom stereocenters. The molecule has 21 heavy (non-hydrogen) atoms. The van der Waals surface area contributed by atoms with E-state index in [2.05, 4.69) is 5.16 Å². The lowest BCUT2D eigenvalue weighted by Crippen LogP contribution is -2.04. The zero-order valence-corrected chi connectivity index (χ0v) is 12.5. The molecule has 0 spiro atoms. The van der Waals surface area contributed by atoms with Crippen LogP contribution < -0.4 is 0 Å². The van der Waals surface area contributed by atoms with Gasteiger partial charge in [0.05, 0.1) is 0 Å². The van der Waals surface area contributed by atoms with Crippen molar-refractivity contribution in [3.05, 3.63) is 40.1 Å². The molecule has 1 aliphatic rings. The monoisotopic (exact) mass is 305 g/mol. The Morgan fingerprint density at radius 3 is 2.71 bits per heavy atom. The molecular formula is C16H16ClNO3. The standard InChI is InChI=1S/C16H16ClNO3/c1-9-8-11(17)6-7-12(9)14-13(16(19)20)15(21-18-14)10-4-2-3-5-10/h6-8,10H,2-5H2,1H3,(H,19,20). The van der Waals surface area contributed by atoms with Crippen LogP contribution in [0.5, 0.6) is 0 Å². The van der Waals surface area contributed by atoms with Crippen molar-refractivity contribution in [2.75, 3.05) is 0 Å². The van der Waals surface area contributed by atoms with Gasteiger partial charge in [-0.3, -0.25) is 0 Å². The lowest BCUT2D eigenvalue weighted by molar-refractivity contribution is 0.0694. The number of hydrogen-bond acceptors (Lipinski definition) is 3. The minimum atomic E-state index is -0.984. The molecule has 0 saturated heterocycles. The van der Waals surface area contributed by atoms with Gasteiger partial charge < -0.3 is 9.63 Å². The van der Waals surface area contributed by atoms with Crippen LogP contribution in [0.15, 0.2) is 22.7 Å². The second-order valence-corrected chi connectivity index (χ2v) is 5.95. The number of aromatic carboxylic acids is 1. The van der Waals surface area contributed by atoms with Gasteiger partial charge in [-0.1, -0.05) is 35.7 Å². The zero-order chi connectivity index (χ0) is 15.0. The van der Waals surface area contributed by atoms with Crippen molar-refractivity contribution in [1.29, 1.82) is 0 Å². The lowest BCUT2D eigenvalue weighted by atomic mass is 9.96. The summed E-state index contributed by atoms with van der Waals surface area (Å²) in [7, 11) is 0. The van der Waals surface area contributed by atoms with Crippen LogP contribution in [0.2, 0.25) is 5.02 Å². The van der Waals surface area contributed by atoms with Gasteiger partial charge in [0, 0.05) is 16.5 Å². The third-order valence-electron chi connectivity index (χ3n) is 4.10. The molecule has 5 heteroatoms. The molecule has 0 atom stereocenters. The molecule has 110 valence electrons. The third-order valence-corrected chi connectivity index (χ3v) is 4.34. The maximum atomic E-state index is 11.7. The van der Waals surface area contributed by atoms with Gasteiger partial charge in [-0.2, -0.15) is 0 Å². The fraction of sp³-hybridized carbons (Fsp3) is 0.375. The van der Waals surface area contributed by atoms with Gasteiger partial charge in [-0.15, -0.1) is 0 Å². The SMILES string of the molecule is Cc1cc(Cl)ccc1-c1noc(C2CCCC2)c1C(=O)O. The van der Waals surface area contributed by atoms with E-state index in [0.717, 1.165) is 36.8 Å². The van der Waals surface area contributed by atoms with E-state index in [9.17, 15) is 9.90 Å². The molecule has 0 radical (unpaired) electrons. The summed E-state index contributed by atoms with van der Waals surface area (Å²) in [6.07, 6.45) is 4.16. The van der Waals surface area contributed by atoms with Crippen LogP contribution in [-0.2, 0) is 0 Å². The average molecular weight is 306 g/mol. The molecule has 1 aromatic carbocycles. The number of carboxylic acid groups (broad SMARTS) is 1. The summed E-state index contributed by atoms with van der Waals surface area (Å²) in [5, 5.41) is 14.2. The first kappa shape index (κ1) is 14.1. The number of halogens is 1. The summed E-state index contributed by atoms with van der Waals surface area (Å²) < 4.78 is 5.42. The van der Waals surface area contributed by atoms with E-state index >= 15 is 0 Å². The van der Waals surface area contributed by atoms with Crippen molar-refractivity contribution < 1.29 is 14.4 Å². The smallest absolute Gasteiger partial charge is 0.341 e. The Balaban J connectivity index is 2.12. The van der Waals surface area contributed by atoms with Crippen LogP contribution in [0.3, 0.4) is 0 Å². The van der Waals surface area contributed by atoms with E-state index in [0.29, 0.717) is 16.5 Å². The molecule has 1 aliphatic carbocycles. The third kappa shape index (κ3) is 2.56. The second-order valence-electron chi connectivity index (χ2n) is 5.52. The molecule has 0 bridgehead atoms. The van der Waals surface area contributed by atoms with Gasteiger partial charge in [0.25, 0.3) is 0 Å². The maximum Gasteiger partial charge on any atom is 0.341 e. The van der Waals surface area contributed by atoms with E-state index in [1.165, 1.54) is 0 Å². The number of nitrogens with zero attached hydrogens (tertiary/aromatic N) is 1. The minimum Gasteiger partial charge on any atom is -0.477 e. The van der Waals surface area contributed by atoms with Crippen molar-refractivity contribution in [2.45, 2.75) is 38.5 Å². The largest absolute Gasteiger partial charge is 0.477 e. The number of carbonyl (C=O) groups is 1. The first-order chi connectivity index (χ1) is 10.1. The minimum absolute atomic E-state index is 0.171. The van der Waals surface area contributed by atoms with Crippen LogP contribution >= 0.6 is 11.6 Å². The first-order valence-corrected chi connectivity index (χ1v) is 7.45. The summed E-state index contributed by atoms with van der Waals surface area (Å²) in [6, 6.07) is 5.33. The Morgan fingerprint density at radius 1 is 1.38 bits per heavy atom. The normalized spacial score (nSPS) is 15.5. The van der Waals surface area contributed by atoms with E-state index in [4.69, 9.17) is 16.1 Å². The van der Waals surface area contributed by atoms with Gasteiger partial charge in [0.1, 0.15) is 11.3 Å². The summed E-state index contributed by atoms with van der Waals surface area (Å²) >= 11 is 5.96. The zero-order valence-electron chi connectivity index (χ0n) is 11.7. The Labute approximate surface area is 127 Å². The summed E-state index contributed by atoms with van der Waals surface area (Å²) in [5.74, 6) is -0.295. The Hall–Kier alpha value is -1.81. The van der Waals surface area contributed by atoms with E-state index < -0.39 is 5.97 Å². The van der Waals surface area contributed by atoms with Crippen LogP contribution in [0.4, 0.5) is 0 Å². The summed E-state index contributed by atoms with van der Waals surface area (Å²) in [5.41, 5.74) is 2.24. The van der Waals surface area contributed by atoms with E-state index in [1.54, 1.807) is 18.2 Å². The molecule has 3 rings (SSSR count). The quantitative estimate of drug-likeness (QED) is 0.895. The highest BCUT2D eigenvalue weighted by Crippen LogP contribution is 2.39. The summed E-state index contributed by atoms with van der Waals surface area (Å²) in [4.78, 5) is 11.7.